The average Bonchev–Trinajstić information content (AvgIpc) is 2.48. The summed E-state index contributed by atoms with van der Waals surface area (Å²) in [4.78, 5) is 14.4. The monoisotopic (exact) mass is 277 g/mol. The number of methoxy groups -OCH3 is 1. The van der Waals surface area contributed by atoms with Crippen molar-refractivity contribution in [2.75, 3.05) is 26.7 Å². The van der Waals surface area contributed by atoms with Crippen molar-refractivity contribution in [3.8, 4) is 5.75 Å². The first-order valence-electron chi connectivity index (χ1n) is 7.26. The summed E-state index contributed by atoms with van der Waals surface area (Å²) in [5.41, 5.74) is 0.537. The first kappa shape index (κ1) is 14.9. The van der Waals surface area contributed by atoms with E-state index >= 15 is 0 Å². The SMILES string of the molecule is COc1cccc(C(=O)O[C@H](C)CN2CCCCC2)c1. The first-order chi connectivity index (χ1) is 9.69. The Morgan fingerprint density at radius 1 is 1.30 bits per heavy atom. The van der Waals surface area contributed by atoms with Crippen LogP contribution in [0.1, 0.15) is 36.5 Å². The second-order valence-electron chi connectivity index (χ2n) is 5.31. The molecule has 0 aliphatic carbocycles. The molecule has 0 bridgehead atoms. The van der Waals surface area contributed by atoms with Crippen LogP contribution in [-0.2, 0) is 4.74 Å². The number of benzene rings is 1. The third-order valence-electron chi connectivity index (χ3n) is 3.58. The molecule has 1 aromatic rings. The van der Waals surface area contributed by atoms with Crippen molar-refractivity contribution in [1.29, 1.82) is 0 Å². The van der Waals surface area contributed by atoms with Gasteiger partial charge in [0, 0.05) is 6.54 Å². The quantitative estimate of drug-likeness (QED) is 0.776. The van der Waals surface area contributed by atoms with E-state index in [1.165, 1.54) is 19.3 Å². The fourth-order valence-corrected chi connectivity index (χ4v) is 2.54. The number of likely N-dealkylation sites (tertiary alicyclic amines) is 1. The third-order valence-corrected chi connectivity index (χ3v) is 3.58. The van der Waals surface area contributed by atoms with Gasteiger partial charge in [0.05, 0.1) is 12.7 Å². The van der Waals surface area contributed by atoms with E-state index in [4.69, 9.17) is 9.47 Å². The normalized spacial score (nSPS) is 17.5. The molecular formula is C16H23NO3. The Balaban J connectivity index is 1.86. The molecule has 1 atom stereocenters. The predicted octanol–water partition coefficient (Wildman–Crippen LogP) is 2.73. The number of ether oxygens (including phenoxy) is 2. The Morgan fingerprint density at radius 3 is 2.75 bits per heavy atom. The van der Waals surface area contributed by atoms with Gasteiger partial charge in [-0.1, -0.05) is 12.5 Å². The van der Waals surface area contributed by atoms with E-state index in [0.717, 1.165) is 19.6 Å². The molecule has 0 radical (unpaired) electrons. The van der Waals surface area contributed by atoms with Gasteiger partial charge in [0.2, 0.25) is 0 Å². The van der Waals surface area contributed by atoms with Crippen LogP contribution in [0.5, 0.6) is 5.75 Å². The van der Waals surface area contributed by atoms with Crippen molar-refractivity contribution in [2.24, 2.45) is 0 Å². The summed E-state index contributed by atoms with van der Waals surface area (Å²) in [6.45, 7) is 4.99. The van der Waals surface area contributed by atoms with Crippen LogP contribution in [0, 0.1) is 0 Å². The molecule has 4 heteroatoms. The maximum Gasteiger partial charge on any atom is 0.338 e. The van der Waals surface area contributed by atoms with Gasteiger partial charge in [-0.2, -0.15) is 0 Å². The molecule has 1 aromatic carbocycles. The highest BCUT2D eigenvalue weighted by Crippen LogP contribution is 2.15. The summed E-state index contributed by atoms with van der Waals surface area (Å²) >= 11 is 0. The number of piperidine rings is 1. The van der Waals surface area contributed by atoms with E-state index in [9.17, 15) is 4.79 Å². The summed E-state index contributed by atoms with van der Waals surface area (Å²) in [6.07, 6.45) is 3.72. The van der Waals surface area contributed by atoms with Crippen LogP contribution >= 0.6 is 0 Å². The Hall–Kier alpha value is -1.55. The van der Waals surface area contributed by atoms with Gasteiger partial charge in [0.15, 0.2) is 0 Å². The van der Waals surface area contributed by atoms with Crippen LogP contribution in [0.2, 0.25) is 0 Å². The van der Waals surface area contributed by atoms with Crippen molar-refractivity contribution in [3.63, 3.8) is 0 Å². The Morgan fingerprint density at radius 2 is 2.05 bits per heavy atom. The van der Waals surface area contributed by atoms with E-state index in [1.54, 1.807) is 25.3 Å². The molecule has 0 saturated carbocycles. The maximum absolute atomic E-state index is 12.1. The molecule has 1 heterocycles. The van der Waals surface area contributed by atoms with Gasteiger partial charge in [-0.25, -0.2) is 4.79 Å². The third kappa shape index (κ3) is 4.23. The minimum atomic E-state index is -0.284. The van der Waals surface area contributed by atoms with E-state index in [0.29, 0.717) is 11.3 Å². The molecule has 1 aliphatic rings. The Bertz CT molecular complexity index is 441. The van der Waals surface area contributed by atoms with Crippen LogP contribution in [0.3, 0.4) is 0 Å². The summed E-state index contributed by atoms with van der Waals surface area (Å²) in [5.74, 6) is 0.386. The maximum atomic E-state index is 12.1. The smallest absolute Gasteiger partial charge is 0.338 e. The summed E-state index contributed by atoms with van der Waals surface area (Å²) in [7, 11) is 1.59. The fraction of sp³-hybridized carbons (Fsp3) is 0.562. The lowest BCUT2D eigenvalue weighted by atomic mass is 10.1. The molecular weight excluding hydrogens is 254 g/mol. The molecule has 1 saturated heterocycles. The highest BCUT2D eigenvalue weighted by Gasteiger charge is 2.17. The van der Waals surface area contributed by atoms with Gasteiger partial charge in [-0.05, 0) is 51.1 Å². The van der Waals surface area contributed by atoms with Crippen molar-refractivity contribution in [3.05, 3.63) is 29.8 Å². The number of hydrogen-bond donors (Lipinski definition) is 0. The average molecular weight is 277 g/mol. The molecule has 20 heavy (non-hydrogen) atoms. The van der Waals surface area contributed by atoms with Gasteiger partial charge in [-0.15, -0.1) is 0 Å². The molecule has 0 amide bonds. The molecule has 0 aromatic heterocycles. The van der Waals surface area contributed by atoms with Gasteiger partial charge in [0.25, 0.3) is 0 Å². The summed E-state index contributed by atoms with van der Waals surface area (Å²) < 4.78 is 10.6. The van der Waals surface area contributed by atoms with Crippen LogP contribution in [0.4, 0.5) is 0 Å². The molecule has 4 nitrogen and oxygen atoms in total. The van der Waals surface area contributed by atoms with Crippen molar-refractivity contribution >= 4 is 5.97 Å². The zero-order valence-electron chi connectivity index (χ0n) is 12.3. The predicted molar refractivity (Wildman–Crippen MR) is 78.2 cm³/mol. The number of carbonyl (C=O) groups is 1. The number of esters is 1. The lowest BCUT2D eigenvalue weighted by Crippen LogP contribution is -2.37. The Kier molecular flexibility index (Phi) is 5.41. The van der Waals surface area contributed by atoms with E-state index < -0.39 is 0 Å². The second kappa shape index (κ2) is 7.29. The van der Waals surface area contributed by atoms with Crippen LogP contribution in [0.25, 0.3) is 0 Å². The lowest BCUT2D eigenvalue weighted by molar-refractivity contribution is 0.0235. The van der Waals surface area contributed by atoms with Crippen molar-refractivity contribution in [2.45, 2.75) is 32.3 Å². The largest absolute Gasteiger partial charge is 0.497 e. The van der Waals surface area contributed by atoms with Crippen LogP contribution in [-0.4, -0.2) is 43.7 Å². The molecule has 0 unspecified atom stereocenters. The second-order valence-corrected chi connectivity index (χ2v) is 5.31. The van der Waals surface area contributed by atoms with Gasteiger partial charge >= 0.3 is 5.97 Å². The molecule has 0 spiro atoms. The number of rotatable bonds is 5. The number of carbonyl (C=O) groups excluding carboxylic acids is 1. The first-order valence-corrected chi connectivity index (χ1v) is 7.26. The molecule has 1 aliphatic heterocycles. The lowest BCUT2D eigenvalue weighted by Gasteiger charge is -2.28. The van der Waals surface area contributed by atoms with Crippen LogP contribution < -0.4 is 4.74 Å². The highest BCUT2D eigenvalue weighted by atomic mass is 16.5. The highest BCUT2D eigenvalue weighted by molar-refractivity contribution is 5.89. The molecule has 1 fully saturated rings. The standard InChI is InChI=1S/C16H23NO3/c1-13(12-17-9-4-3-5-10-17)20-16(18)14-7-6-8-15(11-14)19-2/h6-8,11,13H,3-5,9-10,12H2,1-2H3/t13-/m1/s1. The van der Waals surface area contributed by atoms with Crippen LogP contribution in [0.15, 0.2) is 24.3 Å². The van der Waals surface area contributed by atoms with E-state index in [-0.39, 0.29) is 12.1 Å². The van der Waals surface area contributed by atoms with Gasteiger partial charge < -0.3 is 9.47 Å². The number of nitrogens with zero attached hydrogens (tertiary/aromatic N) is 1. The molecule has 2 rings (SSSR count). The Labute approximate surface area is 120 Å². The van der Waals surface area contributed by atoms with E-state index in [2.05, 4.69) is 4.90 Å². The molecule has 0 N–H and O–H groups in total. The zero-order chi connectivity index (χ0) is 14.4. The zero-order valence-corrected chi connectivity index (χ0v) is 12.3. The van der Waals surface area contributed by atoms with Crippen molar-refractivity contribution < 1.29 is 14.3 Å². The van der Waals surface area contributed by atoms with E-state index in [1.807, 2.05) is 13.0 Å². The minimum Gasteiger partial charge on any atom is -0.497 e. The van der Waals surface area contributed by atoms with Gasteiger partial charge in [-0.3, -0.25) is 4.90 Å². The molecule has 110 valence electrons. The topological polar surface area (TPSA) is 38.8 Å². The van der Waals surface area contributed by atoms with Crippen molar-refractivity contribution in [1.82, 2.24) is 4.90 Å². The summed E-state index contributed by atoms with van der Waals surface area (Å²) in [5, 5.41) is 0. The fourth-order valence-electron chi connectivity index (χ4n) is 2.54. The summed E-state index contributed by atoms with van der Waals surface area (Å²) in [6, 6.07) is 7.06. The van der Waals surface area contributed by atoms with Gasteiger partial charge in [0.1, 0.15) is 11.9 Å². The minimum absolute atomic E-state index is 0.0909. The number of hydrogen-bond acceptors (Lipinski definition) is 4.